The molecule has 0 saturated heterocycles. The lowest BCUT2D eigenvalue weighted by Gasteiger charge is -2.45. The number of benzene rings is 1. The number of nitrogens with one attached hydrogen (secondary N) is 2. The number of aromatic nitrogens is 1. The van der Waals surface area contributed by atoms with Gasteiger partial charge in [-0.1, -0.05) is 38.0 Å². The number of oxazole rings is 1. The van der Waals surface area contributed by atoms with Crippen LogP contribution in [0.1, 0.15) is 38.3 Å². The first-order valence-corrected chi connectivity index (χ1v) is 10.1. The van der Waals surface area contributed by atoms with E-state index in [0.29, 0.717) is 12.4 Å². The summed E-state index contributed by atoms with van der Waals surface area (Å²) < 4.78 is 5.61. The fourth-order valence-corrected chi connectivity index (χ4v) is 4.10. The molecular weight excluding hydrogens is 477 g/mol. The molecule has 1 heterocycles. The van der Waals surface area contributed by atoms with Gasteiger partial charge in [0.2, 0.25) is 5.89 Å². The Balaban J connectivity index is 0.00000300. The minimum atomic E-state index is 0. The third-order valence-electron chi connectivity index (χ3n) is 5.83. The predicted molar refractivity (Wildman–Crippen MR) is 130 cm³/mol. The van der Waals surface area contributed by atoms with Crippen LogP contribution < -0.4 is 10.6 Å². The average Bonchev–Trinajstić information content (AvgIpc) is 3.18. The molecule has 29 heavy (non-hydrogen) atoms. The Kier molecular flexibility index (Phi) is 8.95. The normalized spacial score (nSPS) is 22.2. The van der Waals surface area contributed by atoms with Crippen molar-refractivity contribution < 1.29 is 4.42 Å². The van der Waals surface area contributed by atoms with Crippen LogP contribution in [0.2, 0.25) is 0 Å². The van der Waals surface area contributed by atoms with E-state index in [2.05, 4.69) is 46.5 Å². The van der Waals surface area contributed by atoms with Crippen molar-refractivity contribution in [1.29, 1.82) is 0 Å². The van der Waals surface area contributed by atoms with Gasteiger partial charge >= 0.3 is 0 Å². The summed E-state index contributed by atoms with van der Waals surface area (Å²) in [6, 6.07) is 9.94. The monoisotopic (exact) mass is 511 g/mol. The second kappa shape index (κ2) is 11.0. The molecule has 160 valence electrons. The molecular formula is C22H34IN5O. The summed E-state index contributed by atoms with van der Waals surface area (Å²) in [5.41, 5.74) is 2.02. The van der Waals surface area contributed by atoms with Crippen LogP contribution >= 0.6 is 24.0 Å². The van der Waals surface area contributed by atoms with E-state index in [1.54, 1.807) is 13.3 Å². The standard InChI is InChI=1S/C22H33N5O.HI/c1-17-9-8-12-22(13-17,27(3)4)16-25-21(23-2)24-14-19-15-28-20(26-19)18-10-6-5-7-11-18;/h5-7,10-11,15,17H,8-9,12-14,16H2,1-4H3,(H2,23,24,25);1H. The molecule has 0 amide bonds. The lowest BCUT2D eigenvalue weighted by atomic mass is 9.75. The summed E-state index contributed by atoms with van der Waals surface area (Å²) in [5.74, 6) is 2.20. The third kappa shape index (κ3) is 6.18. The summed E-state index contributed by atoms with van der Waals surface area (Å²) in [5, 5.41) is 6.88. The third-order valence-corrected chi connectivity index (χ3v) is 5.83. The molecule has 1 aliphatic carbocycles. The predicted octanol–water partition coefficient (Wildman–Crippen LogP) is 4.14. The summed E-state index contributed by atoms with van der Waals surface area (Å²) in [6.45, 7) is 3.82. The van der Waals surface area contributed by atoms with Crippen molar-refractivity contribution in [1.82, 2.24) is 20.5 Å². The Morgan fingerprint density at radius 3 is 2.69 bits per heavy atom. The number of rotatable bonds is 6. The second-order valence-electron chi connectivity index (χ2n) is 8.11. The zero-order valence-electron chi connectivity index (χ0n) is 17.9. The first kappa shape index (κ1) is 23.7. The van der Waals surface area contributed by atoms with E-state index in [1.807, 2.05) is 30.3 Å². The topological polar surface area (TPSA) is 65.7 Å². The van der Waals surface area contributed by atoms with Crippen LogP contribution in [0.15, 0.2) is 46.0 Å². The lowest BCUT2D eigenvalue weighted by Crippen LogP contribution is -2.56. The van der Waals surface area contributed by atoms with E-state index in [1.165, 1.54) is 25.7 Å². The van der Waals surface area contributed by atoms with Crippen molar-refractivity contribution in [3.63, 3.8) is 0 Å². The highest BCUT2D eigenvalue weighted by Crippen LogP contribution is 2.35. The molecule has 1 aliphatic rings. The van der Waals surface area contributed by atoms with Gasteiger partial charge in [0.25, 0.3) is 0 Å². The van der Waals surface area contributed by atoms with Crippen molar-refractivity contribution in [2.75, 3.05) is 27.7 Å². The summed E-state index contributed by atoms with van der Waals surface area (Å²) in [4.78, 5) is 11.3. The fraction of sp³-hybridized carbons (Fsp3) is 0.545. The maximum Gasteiger partial charge on any atom is 0.226 e. The van der Waals surface area contributed by atoms with Crippen molar-refractivity contribution in [2.24, 2.45) is 10.9 Å². The van der Waals surface area contributed by atoms with Gasteiger partial charge in [0, 0.05) is 24.7 Å². The largest absolute Gasteiger partial charge is 0.444 e. The van der Waals surface area contributed by atoms with Gasteiger partial charge in [-0.25, -0.2) is 4.98 Å². The molecule has 1 aromatic heterocycles. The molecule has 2 aromatic rings. The molecule has 6 nitrogen and oxygen atoms in total. The van der Waals surface area contributed by atoms with Gasteiger partial charge in [-0.2, -0.15) is 0 Å². The van der Waals surface area contributed by atoms with Crippen LogP contribution in [0.3, 0.4) is 0 Å². The lowest BCUT2D eigenvalue weighted by molar-refractivity contribution is 0.0795. The van der Waals surface area contributed by atoms with Crippen LogP contribution in [0, 0.1) is 5.92 Å². The SMILES string of the molecule is CN=C(NCc1coc(-c2ccccc2)n1)NCC1(N(C)C)CCCC(C)C1.I. The molecule has 0 aliphatic heterocycles. The van der Waals surface area contributed by atoms with E-state index in [9.17, 15) is 0 Å². The first-order chi connectivity index (χ1) is 13.5. The molecule has 0 radical (unpaired) electrons. The molecule has 2 atom stereocenters. The minimum Gasteiger partial charge on any atom is -0.444 e. The Morgan fingerprint density at radius 2 is 2.03 bits per heavy atom. The van der Waals surface area contributed by atoms with Crippen LogP contribution in [0.4, 0.5) is 0 Å². The average molecular weight is 511 g/mol. The Morgan fingerprint density at radius 1 is 1.28 bits per heavy atom. The zero-order valence-corrected chi connectivity index (χ0v) is 20.3. The highest BCUT2D eigenvalue weighted by molar-refractivity contribution is 14.0. The van der Waals surface area contributed by atoms with Gasteiger partial charge in [-0.15, -0.1) is 24.0 Å². The molecule has 0 bridgehead atoms. The molecule has 7 heteroatoms. The summed E-state index contributed by atoms with van der Waals surface area (Å²) >= 11 is 0. The van der Waals surface area contributed by atoms with E-state index in [-0.39, 0.29) is 29.5 Å². The van der Waals surface area contributed by atoms with Gasteiger partial charge in [0.15, 0.2) is 5.96 Å². The van der Waals surface area contributed by atoms with Gasteiger partial charge in [0.1, 0.15) is 6.26 Å². The van der Waals surface area contributed by atoms with E-state index < -0.39 is 0 Å². The summed E-state index contributed by atoms with van der Waals surface area (Å²) in [6.07, 6.45) is 6.76. The van der Waals surface area contributed by atoms with Crippen LogP contribution in [0.25, 0.3) is 11.5 Å². The number of likely N-dealkylation sites (N-methyl/N-ethyl adjacent to an activating group) is 1. The zero-order chi connectivity index (χ0) is 20.0. The molecule has 1 aromatic carbocycles. The number of halogens is 1. The number of aliphatic imine (C=N–C) groups is 1. The maximum absolute atomic E-state index is 5.61. The molecule has 2 unspecified atom stereocenters. The van der Waals surface area contributed by atoms with E-state index in [0.717, 1.165) is 29.7 Å². The molecule has 2 N–H and O–H groups in total. The van der Waals surface area contributed by atoms with Gasteiger partial charge < -0.3 is 20.0 Å². The smallest absolute Gasteiger partial charge is 0.226 e. The molecule has 0 spiro atoms. The first-order valence-electron chi connectivity index (χ1n) is 10.1. The van der Waals surface area contributed by atoms with E-state index in [4.69, 9.17) is 4.42 Å². The van der Waals surface area contributed by atoms with Crippen LogP contribution in [-0.2, 0) is 6.54 Å². The second-order valence-corrected chi connectivity index (χ2v) is 8.11. The molecule has 1 saturated carbocycles. The van der Waals surface area contributed by atoms with Crippen LogP contribution in [-0.4, -0.2) is 49.1 Å². The quantitative estimate of drug-likeness (QED) is 0.347. The number of hydrogen-bond acceptors (Lipinski definition) is 4. The minimum absolute atomic E-state index is 0. The Labute approximate surface area is 191 Å². The number of guanidine groups is 1. The molecule has 1 fully saturated rings. The van der Waals surface area contributed by atoms with Gasteiger partial charge in [-0.05, 0) is 45.0 Å². The van der Waals surface area contributed by atoms with Gasteiger partial charge in [-0.3, -0.25) is 4.99 Å². The molecule has 3 rings (SSSR count). The van der Waals surface area contributed by atoms with Crippen LogP contribution in [0.5, 0.6) is 0 Å². The highest BCUT2D eigenvalue weighted by atomic mass is 127. The Hall–Kier alpha value is -1.61. The van der Waals surface area contributed by atoms with Crippen molar-refractivity contribution in [3.8, 4) is 11.5 Å². The van der Waals surface area contributed by atoms with Crippen molar-refractivity contribution >= 4 is 29.9 Å². The van der Waals surface area contributed by atoms with Crippen molar-refractivity contribution in [2.45, 2.75) is 44.7 Å². The van der Waals surface area contributed by atoms with Crippen molar-refractivity contribution in [3.05, 3.63) is 42.3 Å². The Bertz CT molecular complexity index is 777. The number of hydrogen-bond donors (Lipinski definition) is 2. The van der Waals surface area contributed by atoms with E-state index >= 15 is 0 Å². The fourth-order valence-electron chi connectivity index (χ4n) is 4.10. The summed E-state index contributed by atoms with van der Waals surface area (Å²) in [7, 11) is 6.19. The van der Waals surface area contributed by atoms with Gasteiger partial charge in [0.05, 0.1) is 12.2 Å². The number of nitrogens with zero attached hydrogens (tertiary/aromatic N) is 3. The maximum atomic E-state index is 5.61. The highest BCUT2D eigenvalue weighted by Gasteiger charge is 2.36.